The fourth-order valence-corrected chi connectivity index (χ4v) is 1.47. The van der Waals surface area contributed by atoms with Crippen molar-refractivity contribution < 1.29 is 4.79 Å². The number of nitrogens with one attached hydrogen (secondary N) is 1. The highest BCUT2D eigenvalue weighted by molar-refractivity contribution is 5.75. The van der Waals surface area contributed by atoms with Gasteiger partial charge in [0, 0.05) is 13.6 Å². The Labute approximate surface area is 93.3 Å². The van der Waals surface area contributed by atoms with Gasteiger partial charge in [-0.15, -0.1) is 0 Å². The maximum Gasteiger partial charge on any atom is 0.346 e. The minimum absolute atomic E-state index is 0.00718. The predicted octanol–water partition coefficient (Wildman–Crippen LogP) is -0.584. The fourth-order valence-electron chi connectivity index (χ4n) is 1.47. The number of aryl methyl sites for hydroxylation is 1. The molecule has 2 rings (SSSR count). The van der Waals surface area contributed by atoms with Gasteiger partial charge >= 0.3 is 5.69 Å². The van der Waals surface area contributed by atoms with Crippen LogP contribution in [0.15, 0.2) is 4.79 Å². The van der Waals surface area contributed by atoms with Crippen molar-refractivity contribution in [3.63, 3.8) is 0 Å². The second kappa shape index (κ2) is 4.11. The van der Waals surface area contributed by atoms with E-state index in [0.717, 1.165) is 6.54 Å². The van der Waals surface area contributed by atoms with E-state index >= 15 is 0 Å². The molecule has 16 heavy (non-hydrogen) atoms. The van der Waals surface area contributed by atoms with Gasteiger partial charge in [0.05, 0.1) is 0 Å². The summed E-state index contributed by atoms with van der Waals surface area (Å²) < 4.78 is 2.62. The lowest BCUT2D eigenvalue weighted by Crippen LogP contribution is -2.34. The summed E-state index contributed by atoms with van der Waals surface area (Å²) in [5, 5.41) is 6.80. The van der Waals surface area contributed by atoms with E-state index in [2.05, 4.69) is 10.4 Å². The topological polar surface area (TPSA) is 68.9 Å². The van der Waals surface area contributed by atoms with Gasteiger partial charge in [-0.25, -0.2) is 9.48 Å². The lowest BCUT2D eigenvalue weighted by molar-refractivity contribution is -0.121. The molecule has 1 amide bonds. The zero-order chi connectivity index (χ0) is 11.7. The molecule has 1 aliphatic carbocycles. The Morgan fingerprint density at radius 1 is 1.56 bits per heavy atom. The van der Waals surface area contributed by atoms with Crippen LogP contribution in [0, 0.1) is 12.8 Å². The molecular weight excluding hydrogens is 208 g/mol. The van der Waals surface area contributed by atoms with Gasteiger partial charge in [0.1, 0.15) is 12.4 Å². The van der Waals surface area contributed by atoms with E-state index in [1.54, 1.807) is 14.0 Å². The first kappa shape index (κ1) is 10.9. The van der Waals surface area contributed by atoms with E-state index in [-0.39, 0.29) is 18.1 Å². The molecule has 0 aliphatic heterocycles. The molecule has 1 heterocycles. The van der Waals surface area contributed by atoms with Crippen molar-refractivity contribution >= 4 is 5.91 Å². The predicted molar refractivity (Wildman–Crippen MR) is 57.9 cm³/mol. The molecule has 0 saturated heterocycles. The molecular formula is C10H16N4O2. The minimum Gasteiger partial charge on any atom is -0.354 e. The highest BCUT2D eigenvalue weighted by Gasteiger charge is 2.21. The van der Waals surface area contributed by atoms with Gasteiger partial charge < -0.3 is 5.32 Å². The first-order valence-electron chi connectivity index (χ1n) is 5.45. The number of aromatic nitrogens is 3. The van der Waals surface area contributed by atoms with E-state index in [0.29, 0.717) is 11.7 Å². The number of hydrogen-bond donors (Lipinski definition) is 1. The normalized spacial score (nSPS) is 15.1. The summed E-state index contributed by atoms with van der Waals surface area (Å²) >= 11 is 0. The number of amides is 1. The molecule has 0 unspecified atom stereocenters. The van der Waals surface area contributed by atoms with Crippen molar-refractivity contribution in [1.29, 1.82) is 0 Å². The first-order chi connectivity index (χ1) is 7.58. The lowest BCUT2D eigenvalue weighted by Gasteiger charge is -2.02. The number of carbonyl (C=O) groups excluding carboxylic acids is 1. The molecule has 88 valence electrons. The van der Waals surface area contributed by atoms with Gasteiger partial charge in [0.2, 0.25) is 5.91 Å². The molecule has 0 bridgehead atoms. The minimum atomic E-state index is -0.251. The summed E-state index contributed by atoms with van der Waals surface area (Å²) in [6.45, 7) is 2.46. The summed E-state index contributed by atoms with van der Waals surface area (Å²) in [6, 6.07) is 0. The molecule has 6 nitrogen and oxygen atoms in total. The average Bonchev–Trinajstić information content (AvgIpc) is 3.03. The zero-order valence-electron chi connectivity index (χ0n) is 9.56. The van der Waals surface area contributed by atoms with Crippen LogP contribution in [0.2, 0.25) is 0 Å². The summed E-state index contributed by atoms with van der Waals surface area (Å²) in [4.78, 5) is 23.1. The van der Waals surface area contributed by atoms with Crippen molar-refractivity contribution in [2.75, 3.05) is 6.54 Å². The van der Waals surface area contributed by atoms with E-state index in [1.165, 1.54) is 22.1 Å². The van der Waals surface area contributed by atoms with Gasteiger partial charge in [0.25, 0.3) is 0 Å². The Balaban J connectivity index is 1.94. The van der Waals surface area contributed by atoms with Crippen LogP contribution in [0.3, 0.4) is 0 Å². The molecule has 1 aromatic heterocycles. The largest absolute Gasteiger partial charge is 0.354 e. The molecule has 1 fully saturated rings. The van der Waals surface area contributed by atoms with Crippen LogP contribution in [0.1, 0.15) is 18.7 Å². The standard InChI is InChI=1S/C10H16N4O2/c1-7-12-14(10(16)13(7)2)6-9(15)11-5-8-3-4-8/h8H,3-6H2,1-2H3,(H,11,15). The maximum atomic E-state index is 11.6. The molecule has 1 N–H and O–H groups in total. The van der Waals surface area contributed by atoms with Gasteiger partial charge in [0.15, 0.2) is 0 Å². The Bertz CT molecular complexity index is 456. The Morgan fingerprint density at radius 2 is 2.25 bits per heavy atom. The molecule has 0 aromatic carbocycles. The monoisotopic (exact) mass is 224 g/mol. The van der Waals surface area contributed by atoms with Crippen LogP contribution in [-0.4, -0.2) is 26.8 Å². The average molecular weight is 224 g/mol. The van der Waals surface area contributed by atoms with E-state index < -0.39 is 0 Å². The van der Waals surface area contributed by atoms with Crippen LogP contribution in [0.4, 0.5) is 0 Å². The van der Waals surface area contributed by atoms with E-state index in [9.17, 15) is 9.59 Å². The van der Waals surface area contributed by atoms with Crippen molar-refractivity contribution in [3.8, 4) is 0 Å². The van der Waals surface area contributed by atoms with Gasteiger partial charge in [-0.2, -0.15) is 5.10 Å². The summed E-state index contributed by atoms with van der Waals surface area (Å²) in [5.41, 5.74) is -0.251. The van der Waals surface area contributed by atoms with Crippen LogP contribution in [0.5, 0.6) is 0 Å². The van der Waals surface area contributed by atoms with Crippen molar-refractivity contribution in [3.05, 3.63) is 16.3 Å². The zero-order valence-corrected chi connectivity index (χ0v) is 9.56. The number of nitrogens with zero attached hydrogens (tertiary/aromatic N) is 3. The summed E-state index contributed by atoms with van der Waals surface area (Å²) in [6.07, 6.45) is 2.39. The van der Waals surface area contributed by atoms with Crippen LogP contribution in [0.25, 0.3) is 0 Å². The highest BCUT2D eigenvalue weighted by Crippen LogP contribution is 2.27. The van der Waals surface area contributed by atoms with Gasteiger partial charge in [-0.1, -0.05) is 0 Å². The van der Waals surface area contributed by atoms with E-state index in [1.807, 2.05) is 0 Å². The Kier molecular flexibility index (Phi) is 2.80. The number of rotatable bonds is 4. The van der Waals surface area contributed by atoms with Crippen molar-refractivity contribution in [1.82, 2.24) is 19.7 Å². The summed E-state index contributed by atoms with van der Waals surface area (Å²) in [5.74, 6) is 1.11. The molecule has 1 aliphatic rings. The molecule has 0 atom stereocenters. The number of hydrogen-bond acceptors (Lipinski definition) is 3. The highest BCUT2D eigenvalue weighted by atomic mass is 16.2. The quantitative estimate of drug-likeness (QED) is 0.743. The lowest BCUT2D eigenvalue weighted by atomic mass is 10.4. The third-order valence-corrected chi connectivity index (χ3v) is 2.84. The van der Waals surface area contributed by atoms with Crippen LogP contribution in [-0.2, 0) is 18.4 Å². The Morgan fingerprint density at radius 3 is 2.75 bits per heavy atom. The second-order valence-electron chi connectivity index (χ2n) is 4.29. The van der Waals surface area contributed by atoms with Crippen molar-refractivity contribution in [2.45, 2.75) is 26.3 Å². The Hall–Kier alpha value is -1.59. The number of carbonyl (C=O) groups is 1. The van der Waals surface area contributed by atoms with Crippen molar-refractivity contribution in [2.24, 2.45) is 13.0 Å². The van der Waals surface area contributed by atoms with E-state index in [4.69, 9.17) is 0 Å². The van der Waals surface area contributed by atoms with Gasteiger partial charge in [-0.05, 0) is 25.7 Å². The first-order valence-corrected chi connectivity index (χ1v) is 5.45. The molecule has 0 radical (unpaired) electrons. The second-order valence-corrected chi connectivity index (χ2v) is 4.29. The third-order valence-electron chi connectivity index (χ3n) is 2.84. The molecule has 1 aromatic rings. The van der Waals surface area contributed by atoms with Crippen LogP contribution >= 0.6 is 0 Å². The SMILES string of the molecule is Cc1nn(CC(=O)NCC2CC2)c(=O)n1C. The molecule has 0 spiro atoms. The molecule has 1 saturated carbocycles. The van der Waals surface area contributed by atoms with Gasteiger partial charge in [-0.3, -0.25) is 9.36 Å². The fraction of sp³-hybridized carbons (Fsp3) is 0.700. The van der Waals surface area contributed by atoms with Crippen LogP contribution < -0.4 is 11.0 Å². The third kappa shape index (κ3) is 2.32. The maximum absolute atomic E-state index is 11.6. The summed E-state index contributed by atoms with van der Waals surface area (Å²) in [7, 11) is 1.64. The smallest absolute Gasteiger partial charge is 0.346 e. The molecule has 6 heteroatoms.